The Kier molecular flexibility index (Phi) is 5.74. The van der Waals surface area contributed by atoms with E-state index in [2.05, 4.69) is 10.9 Å². The summed E-state index contributed by atoms with van der Waals surface area (Å²) in [6.07, 6.45) is 4.58. The van der Waals surface area contributed by atoms with E-state index < -0.39 is 0 Å². The Bertz CT molecular complexity index is 971. The highest BCUT2D eigenvalue weighted by Gasteiger charge is 2.25. The van der Waals surface area contributed by atoms with Crippen LogP contribution in [-0.2, 0) is 11.2 Å². The van der Waals surface area contributed by atoms with Crippen LogP contribution in [0.3, 0.4) is 0 Å². The summed E-state index contributed by atoms with van der Waals surface area (Å²) in [5.74, 6) is -0.239. The van der Waals surface area contributed by atoms with Crippen molar-refractivity contribution in [3.05, 3.63) is 68.3 Å². The molecular weight excluding hydrogens is 356 g/mol. The van der Waals surface area contributed by atoms with E-state index in [1.54, 1.807) is 6.92 Å². The van der Waals surface area contributed by atoms with Crippen LogP contribution in [0.4, 0.5) is 0 Å². The fourth-order valence-electron chi connectivity index (χ4n) is 3.49. The van der Waals surface area contributed by atoms with Crippen molar-refractivity contribution in [3.8, 4) is 17.2 Å². The van der Waals surface area contributed by atoms with Crippen LogP contribution >= 0.6 is 11.3 Å². The number of nitriles is 1. The lowest BCUT2D eigenvalue weighted by atomic mass is 9.93. The molecule has 0 spiro atoms. The Morgan fingerprint density at radius 1 is 1.37 bits per heavy atom. The maximum atomic E-state index is 12.4. The summed E-state index contributed by atoms with van der Waals surface area (Å²) < 4.78 is 5.20. The lowest BCUT2D eigenvalue weighted by molar-refractivity contribution is 0.0533. The van der Waals surface area contributed by atoms with Crippen molar-refractivity contribution in [1.29, 1.82) is 5.26 Å². The third-order valence-corrected chi connectivity index (χ3v) is 6.09. The molecule has 1 heterocycles. The van der Waals surface area contributed by atoms with Crippen LogP contribution in [0.15, 0.2) is 36.0 Å². The van der Waals surface area contributed by atoms with Crippen LogP contribution in [0.1, 0.15) is 58.3 Å². The van der Waals surface area contributed by atoms with Gasteiger partial charge in [-0.15, -0.1) is 11.3 Å². The molecule has 0 aliphatic heterocycles. The second kappa shape index (κ2) is 8.20. The van der Waals surface area contributed by atoms with E-state index in [1.165, 1.54) is 11.3 Å². The number of benzene rings is 1. The molecule has 1 atom stereocenters. The summed E-state index contributed by atoms with van der Waals surface area (Å²) in [5, 5.41) is 9.67. The lowest BCUT2D eigenvalue weighted by Gasteiger charge is -2.12. The van der Waals surface area contributed by atoms with Gasteiger partial charge in [0.15, 0.2) is 5.70 Å². The first-order valence-corrected chi connectivity index (χ1v) is 9.86. The normalized spacial score (nSPS) is 15.7. The quantitative estimate of drug-likeness (QED) is 0.496. The number of hydrogen-bond acceptors (Lipinski definition) is 4. The largest absolute Gasteiger partial charge is 0.462 e. The third-order valence-electron chi connectivity index (χ3n) is 4.77. The number of allylic oxidation sites excluding steroid dienone is 2. The molecule has 136 valence electrons. The summed E-state index contributed by atoms with van der Waals surface area (Å²) in [7, 11) is 0. The van der Waals surface area contributed by atoms with Crippen LogP contribution in [0.25, 0.3) is 16.0 Å². The van der Waals surface area contributed by atoms with Gasteiger partial charge in [0.05, 0.1) is 18.7 Å². The molecule has 2 aromatic rings. The predicted octanol–water partition coefficient (Wildman–Crippen LogP) is 5.71. The second-order valence-electron chi connectivity index (χ2n) is 6.28. The Hall–Kier alpha value is -2.89. The van der Waals surface area contributed by atoms with Gasteiger partial charge in [0, 0.05) is 16.4 Å². The Morgan fingerprint density at radius 2 is 2.11 bits per heavy atom. The minimum atomic E-state index is -0.383. The Morgan fingerprint density at radius 3 is 2.70 bits per heavy atom. The van der Waals surface area contributed by atoms with E-state index in [0.29, 0.717) is 29.0 Å². The molecule has 0 saturated heterocycles. The summed E-state index contributed by atoms with van der Waals surface area (Å²) in [5.41, 5.74) is 3.95. The van der Waals surface area contributed by atoms with Crippen molar-refractivity contribution in [2.24, 2.45) is 0 Å². The number of nitrogens with zero attached hydrogens (tertiary/aromatic N) is 2. The van der Waals surface area contributed by atoms with E-state index in [9.17, 15) is 10.1 Å². The molecule has 0 saturated carbocycles. The van der Waals surface area contributed by atoms with E-state index in [-0.39, 0.29) is 11.9 Å². The Labute approximate surface area is 163 Å². The van der Waals surface area contributed by atoms with Crippen LogP contribution in [0.2, 0.25) is 0 Å². The molecule has 0 bridgehead atoms. The van der Waals surface area contributed by atoms with Crippen molar-refractivity contribution in [2.75, 3.05) is 6.61 Å². The number of hydrogen-bond donors (Lipinski definition) is 0. The van der Waals surface area contributed by atoms with Gasteiger partial charge in [-0.2, -0.15) is 5.26 Å². The number of carbonyl (C=O) groups excluding carboxylic acids is 1. The highest BCUT2D eigenvalue weighted by atomic mass is 32.1. The van der Waals surface area contributed by atoms with Crippen molar-refractivity contribution in [1.82, 2.24) is 0 Å². The van der Waals surface area contributed by atoms with Crippen molar-refractivity contribution >= 4 is 17.3 Å². The molecule has 1 aromatic carbocycles. The highest BCUT2D eigenvalue weighted by Crippen LogP contribution is 2.40. The summed E-state index contributed by atoms with van der Waals surface area (Å²) in [6, 6.07) is 10.2. The molecule has 0 fully saturated rings. The van der Waals surface area contributed by atoms with Gasteiger partial charge >= 0.3 is 5.97 Å². The van der Waals surface area contributed by atoms with E-state index in [0.717, 1.165) is 34.5 Å². The predicted molar refractivity (Wildman–Crippen MR) is 106 cm³/mol. The first kappa shape index (κ1) is 18.9. The zero-order valence-corrected chi connectivity index (χ0v) is 16.2. The minimum absolute atomic E-state index is 0.144. The van der Waals surface area contributed by atoms with Gasteiger partial charge in [-0.1, -0.05) is 42.8 Å². The zero-order chi connectivity index (χ0) is 19.4. The van der Waals surface area contributed by atoms with Gasteiger partial charge in [-0.25, -0.2) is 9.64 Å². The van der Waals surface area contributed by atoms with Crippen LogP contribution < -0.4 is 0 Å². The summed E-state index contributed by atoms with van der Waals surface area (Å²) >= 11 is 1.34. The lowest BCUT2D eigenvalue weighted by Crippen LogP contribution is -2.04. The fraction of sp³-hybridized carbons (Fsp3) is 0.318. The smallest absolute Gasteiger partial charge is 0.348 e. The number of esters is 1. The van der Waals surface area contributed by atoms with Gasteiger partial charge in [-0.05, 0) is 31.7 Å². The number of carbonyl (C=O) groups is 1. The standard InChI is InChI=1S/C22H20N2O2S/c1-4-19-17(13-23)20(21(27-19)22(25)26-5-2)15-11-9-14(10-12-15)16-7-6-8-18(16)24-3/h8-12,16H,4-7H2,1-2H3. The van der Waals surface area contributed by atoms with Gasteiger partial charge < -0.3 is 4.74 Å². The molecular formula is C22H20N2O2S. The molecule has 3 rings (SSSR count). The van der Waals surface area contributed by atoms with Crippen molar-refractivity contribution < 1.29 is 9.53 Å². The molecule has 0 N–H and O–H groups in total. The summed E-state index contributed by atoms with van der Waals surface area (Å²) in [6.45, 7) is 11.4. The Balaban J connectivity index is 2.04. The highest BCUT2D eigenvalue weighted by molar-refractivity contribution is 7.14. The monoisotopic (exact) mass is 376 g/mol. The number of aryl methyl sites for hydroxylation is 1. The van der Waals surface area contributed by atoms with E-state index >= 15 is 0 Å². The maximum Gasteiger partial charge on any atom is 0.348 e. The molecule has 5 heteroatoms. The first-order chi connectivity index (χ1) is 13.1. The molecule has 1 aromatic heterocycles. The van der Waals surface area contributed by atoms with Crippen molar-refractivity contribution in [3.63, 3.8) is 0 Å². The topological polar surface area (TPSA) is 54.5 Å². The minimum Gasteiger partial charge on any atom is -0.462 e. The van der Waals surface area contributed by atoms with Gasteiger partial charge in [0.25, 0.3) is 0 Å². The van der Waals surface area contributed by atoms with E-state index in [1.807, 2.05) is 37.3 Å². The molecule has 1 aliphatic carbocycles. The molecule has 27 heavy (non-hydrogen) atoms. The first-order valence-electron chi connectivity index (χ1n) is 9.05. The molecule has 0 amide bonds. The fourth-order valence-corrected chi connectivity index (χ4v) is 4.60. The van der Waals surface area contributed by atoms with Gasteiger partial charge in [0.2, 0.25) is 0 Å². The van der Waals surface area contributed by atoms with Crippen LogP contribution in [0, 0.1) is 17.9 Å². The number of rotatable bonds is 5. The van der Waals surface area contributed by atoms with Crippen molar-refractivity contribution in [2.45, 2.75) is 39.0 Å². The van der Waals surface area contributed by atoms with E-state index in [4.69, 9.17) is 11.3 Å². The third kappa shape index (κ3) is 3.52. The maximum absolute atomic E-state index is 12.4. The molecule has 1 aliphatic rings. The molecule has 0 radical (unpaired) electrons. The number of thiophene rings is 1. The SMILES string of the molecule is [C-]#[N+]C1=CCCC1c1ccc(-c2c(C(=O)OCC)sc(CC)c2C#N)cc1. The average molecular weight is 376 g/mol. The zero-order valence-electron chi connectivity index (χ0n) is 15.4. The summed E-state index contributed by atoms with van der Waals surface area (Å²) in [4.78, 5) is 17.4. The van der Waals surface area contributed by atoms with Crippen LogP contribution in [0.5, 0.6) is 0 Å². The second-order valence-corrected chi connectivity index (χ2v) is 7.39. The number of ether oxygens (including phenoxy) is 1. The average Bonchev–Trinajstić information content (AvgIpc) is 3.32. The van der Waals surface area contributed by atoms with Gasteiger partial charge in [-0.3, -0.25) is 0 Å². The van der Waals surface area contributed by atoms with Gasteiger partial charge in [0.1, 0.15) is 10.9 Å². The van der Waals surface area contributed by atoms with Crippen LogP contribution in [-0.4, -0.2) is 12.6 Å². The molecule has 1 unspecified atom stereocenters. The molecule has 4 nitrogen and oxygen atoms in total.